The average Bonchev–Trinajstić information content (AvgIpc) is 3.15. The van der Waals surface area contributed by atoms with Gasteiger partial charge in [-0.05, 0) is 30.3 Å². The van der Waals surface area contributed by atoms with Crippen molar-refractivity contribution in [3.8, 4) is 23.0 Å². The number of hydrogen-bond acceptors (Lipinski definition) is 6. The van der Waals surface area contributed by atoms with Gasteiger partial charge < -0.3 is 13.9 Å². The van der Waals surface area contributed by atoms with Crippen molar-refractivity contribution in [3.05, 3.63) is 53.6 Å². The summed E-state index contributed by atoms with van der Waals surface area (Å²) in [6.07, 6.45) is -4.56. The van der Waals surface area contributed by atoms with E-state index in [0.717, 1.165) is 18.2 Å². The monoisotopic (exact) mass is 393 g/mol. The Balaban J connectivity index is 1.81. The molecule has 0 aliphatic rings. The zero-order chi connectivity index (χ0) is 20.3. The molecule has 0 bridgehead atoms. The minimum atomic E-state index is -4.56. The molecule has 10 heteroatoms. The molecule has 0 aliphatic carbocycles. The van der Waals surface area contributed by atoms with Gasteiger partial charge in [-0.25, -0.2) is 0 Å². The van der Waals surface area contributed by atoms with Crippen molar-refractivity contribution in [3.63, 3.8) is 0 Å². The van der Waals surface area contributed by atoms with Gasteiger partial charge in [0.25, 0.3) is 11.8 Å². The largest absolute Gasteiger partial charge is 0.497 e. The molecule has 7 nitrogen and oxygen atoms in total. The van der Waals surface area contributed by atoms with Crippen LogP contribution in [-0.4, -0.2) is 30.3 Å². The highest BCUT2D eigenvalue weighted by Gasteiger charge is 2.31. The van der Waals surface area contributed by atoms with Crippen LogP contribution in [0.4, 0.5) is 19.2 Å². The smallest absolute Gasteiger partial charge is 0.416 e. The molecule has 1 amide bonds. The third kappa shape index (κ3) is 4.05. The van der Waals surface area contributed by atoms with E-state index in [9.17, 15) is 18.0 Å². The summed E-state index contributed by atoms with van der Waals surface area (Å²) in [6, 6.07) is 8.62. The average molecular weight is 393 g/mol. The Labute approximate surface area is 157 Å². The zero-order valence-electron chi connectivity index (χ0n) is 14.7. The molecule has 0 fully saturated rings. The van der Waals surface area contributed by atoms with E-state index < -0.39 is 17.6 Å². The zero-order valence-corrected chi connectivity index (χ0v) is 14.7. The molecule has 0 saturated carbocycles. The summed E-state index contributed by atoms with van der Waals surface area (Å²) in [4.78, 5) is 12.2. The van der Waals surface area contributed by atoms with Crippen LogP contribution in [-0.2, 0) is 6.18 Å². The molecular weight excluding hydrogens is 379 g/mol. The second kappa shape index (κ2) is 7.59. The summed E-state index contributed by atoms with van der Waals surface area (Å²) in [7, 11) is 2.95. The molecule has 2 aromatic carbocycles. The maximum absolute atomic E-state index is 12.8. The lowest BCUT2D eigenvalue weighted by molar-refractivity contribution is -0.137. The Morgan fingerprint density at radius 3 is 2.54 bits per heavy atom. The Hall–Kier alpha value is -3.56. The number of benzene rings is 2. The fraction of sp³-hybridized carbons (Fsp3) is 0.167. The van der Waals surface area contributed by atoms with E-state index >= 15 is 0 Å². The predicted molar refractivity (Wildman–Crippen MR) is 92.2 cm³/mol. The summed E-state index contributed by atoms with van der Waals surface area (Å²) in [6.45, 7) is 0. The number of alkyl halides is 3. The van der Waals surface area contributed by atoms with Crippen LogP contribution in [0.3, 0.4) is 0 Å². The van der Waals surface area contributed by atoms with Gasteiger partial charge in [-0.1, -0.05) is 11.2 Å². The van der Waals surface area contributed by atoms with Crippen LogP contribution >= 0.6 is 0 Å². The maximum Gasteiger partial charge on any atom is 0.416 e. The Kier molecular flexibility index (Phi) is 5.21. The minimum absolute atomic E-state index is 0.0545. The normalized spacial score (nSPS) is 11.2. The lowest BCUT2D eigenvalue weighted by Gasteiger charge is -2.08. The lowest BCUT2D eigenvalue weighted by atomic mass is 10.1. The maximum atomic E-state index is 12.8. The highest BCUT2D eigenvalue weighted by atomic mass is 19.4. The number of methoxy groups -OCH3 is 2. The van der Waals surface area contributed by atoms with Crippen molar-refractivity contribution >= 4 is 11.9 Å². The first-order valence-corrected chi connectivity index (χ1v) is 7.86. The van der Waals surface area contributed by atoms with E-state index in [1.807, 2.05) is 0 Å². The topological polar surface area (TPSA) is 86.5 Å². The van der Waals surface area contributed by atoms with Crippen molar-refractivity contribution in [2.24, 2.45) is 0 Å². The summed E-state index contributed by atoms with van der Waals surface area (Å²) in [5, 5.41) is 9.79. The van der Waals surface area contributed by atoms with Crippen LogP contribution < -0.4 is 14.8 Å². The summed E-state index contributed by atoms with van der Waals surface area (Å²) in [5.41, 5.74) is -0.679. The highest BCUT2D eigenvalue weighted by molar-refractivity contribution is 6.03. The molecule has 146 valence electrons. The summed E-state index contributed by atoms with van der Waals surface area (Å²) >= 11 is 0. The minimum Gasteiger partial charge on any atom is -0.497 e. The first-order valence-electron chi connectivity index (χ1n) is 7.86. The Morgan fingerprint density at radius 1 is 1.07 bits per heavy atom. The van der Waals surface area contributed by atoms with E-state index in [2.05, 4.69) is 15.5 Å². The number of nitrogens with zero attached hydrogens (tertiary/aromatic N) is 2. The Bertz CT molecular complexity index is 1000. The molecule has 0 aliphatic heterocycles. The van der Waals surface area contributed by atoms with Crippen molar-refractivity contribution < 1.29 is 31.9 Å². The molecular formula is C18H14F3N3O4. The van der Waals surface area contributed by atoms with E-state index in [1.165, 1.54) is 20.3 Å². The van der Waals surface area contributed by atoms with Crippen molar-refractivity contribution in [1.29, 1.82) is 0 Å². The van der Waals surface area contributed by atoms with Crippen molar-refractivity contribution in [2.75, 3.05) is 19.5 Å². The van der Waals surface area contributed by atoms with Gasteiger partial charge in [-0.3, -0.25) is 10.1 Å². The molecule has 0 spiro atoms. The number of halogens is 3. The van der Waals surface area contributed by atoms with E-state index in [0.29, 0.717) is 17.1 Å². The number of amides is 1. The second-order valence-corrected chi connectivity index (χ2v) is 5.51. The van der Waals surface area contributed by atoms with Gasteiger partial charge in [0, 0.05) is 11.6 Å². The van der Waals surface area contributed by atoms with Crippen LogP contribution in [0.15, 0.2) is 46.9 Å². The first kappa shape index (κ1) is 19.2. The van der Waals surface area contributed by atoms with E-state index in [1.54, 1.807) is 18.2 Å². The van der Waals surface area contributed by atoms with E-state index in [4.69, 9.17) is 13.9 Å². The lowest BCUT2D eigenvalue weighted by Crippen LogP contribution is -2.14. The molecule has 3 aromatic rings. The molecule has 0 atom stereocenters. The molecule has 0 radical (unpaired) electrons. The predicted octanol–water partition coefficient (Wildman–Crippen LogP) is 4.02. The molecule has 28 heavy (non-hydrogen) atoms. The van der Waals surface area contributed by atoms with Gasteiger partial charge in [-0.2, -0.15) is 13.2 Å². The van der Waals surface area contributed by atoms with Gasteiger partial charge in [0.1, 0.15) is 11.5 Å². The van der Waals surface area contributed by atoms with E-state index in [-0.39, 0.29) is 17.5 Å². The standard InChI is InChI=1S/C18H14F3N3O4/c1-26-12-6-7-13(14(9-12)27-2)16-23-24-17(28-16)22-15(25)10-4-3-5-11(8-10)18(19,20)21/h3-9H,1-2H3,(H,22,24,25). The summed E-state index contributed by atoms with van der Waals surface area (Å²) < 4.78 is 54.1. The number of carbonyl (C=O) groups is 1. The fourth-order valence-electron chi connectivity index (χ4n) is 2.36. The van der Waals surface area contributed by atoms with Gasteiger partial charge in [0.05, 0.1) is 25.3 Å². The Morgan fingerprint density at radius 2 is 1.86 bits per heavy atom. The third-order valence-electron chi connectivity index (χ3n) is 3.74. The van der Waals surface area contributed by atoms with Crippen molar-refractivity contribution in [2.45, 2.75) is 6.18 Å². The van der Waals surface area contributed by atoms with Crippen LogP contribution in [0.1, 0.15) is 15.9 Å². The second-order valence-electron chi connectivity index (χ2n) is 5.51. The van der Waals surface area contributed by atoms with Gasteiger partial charge in [0.2, 0.25) is 0 Å². The number of aromatic nitrogens is 2. The quantitative estimate of drug-likeness (QED) is 0.705. The molecule has 1 aromatic heterocycles. The van der Waals surface area contributed by atoms with Gasteiger partial charge >= 0.3 is 12.2 Å². The van der Waals surface area contributed by atoms with Crippen LogP contribution in [0.2, 0.25) is 0 Å². The van der Waals surface area contributed by atoms with Crippen LogP contribution in [0, 0.1) is 0 Å². The fourth-order valence-corrected chi connectivity index (χ4v) is 2.36. The first-order chi connectivity index (χ1) is 13.3. The van der Waals surface area contributed by atoms with Crippen LogP contribution in [0.5, 0.6) is 11.5 Å². The number of hydrogen-bond donors (Lipinski definition) is 1. The highest BCUT2D eigenvalue weighted by Crippen LogP contribution is 2.33. The SMILES string of the molecule is COc1ccc(-c2nnc(NC(=O)c3cccc(C(F)(F)F)c3)o2)c(OC)c1. The van der Waals surface area contributed by atoms with Gasteiger partial charge in [0.15, 0.2) is 0 Å². The van der Waals surface area contributed by atoms with Gasteiger partial charge in [-0.15, -0.1) is 5.10 Å². The summed E-state index contributed by atoms with van der Waals surface area (Å²) in [5.74, 6) is 0.193. The third-order valence-corrected chi connectivity index (χ3v) is 3.74. The van der Waals surface area contributed by atoms with Crippen molar-refractivity contribution in [1.82, 2.24) is 10.2 Å². The number of rotatable bonds is 5. The molecule has 1 heterocycles. The molecule has 0 unspecified atom stereocenters. The molecule has 1 N–H and O–H groups in total. The number of ether oxygens (including phenoxy) is 2. The number of carbonyl (C=O) groups excluding carboxylic acids is 1. The van der Waals surface area contributed by atoms with Crippen LogP contribution in [0.25, 0.3) is 11.5 Å². The molecule has 3 rings (SSSR count). The number of anilines is 1. The molecule has 0 saturated heterocycles. The number of nitrogens with one attached hydrogen (secondary N) is 1.